The highest BCUT2D eigenvalue weighted by atomic mass is 19.1. The molecular weight excluding hydrogens is 263 g/mol. The minimum atomic E-state index is -0.549. The number of hydrogen-bond acceptors (Lipinski definition) is 5. The molecule has 0 aliphatic heterocycles. The largest absolute Gasteiger partial charge is 0.337 e. The van der Waals surface area contributed by atoms with Crippen LogP contribution in [0.5, 0.6) is 0 Å². The fraction of sp³-hybridized carbons (Fsp3) is 0.231. The van der Waals surface area contributed by atoms with Crippen LogP contribution in [0.25, 0.3) is 0 Å². The van der Waals surface area contributed by atoms with Gasteiger partial charge in [0.25, 0.3) is 0 Å². The third-order valence-corrected chi connectivity index (χ3v) is 2.76. The van der Waals surface area contributed by atoms with E-state index in [-0.39, 0.29) is 11.5 Å². The Morgan fingerprint density at radius 3 is 2.60 bits per heavy atom. The molecule has 1 aromatic carbocycles. The van der Waals surface area contributed by atoms with Crippen LogP contribution in [-0.2, 0) is 6.54 Å². The molecule has 0 N–H and O–H groups in total. The molecule has 0 radical (unpaired) electrons. The van der Waals surface area contributed by atoms with E-state index in [1.165, 1.54) is 12.1 Å². The van der Waals surface area contributed by atoms with Crippen molar-refractivity contribution in [2.45, 2.75) is 13.5 Å². The lowest BCUT2D eigenvalue weighted by molar-refractivity contribution is -0.385. The van der Waals surface area contributed by atoms with Crippen molar-refractivity contribution in [3.05, 3.63) is 58.2 Å². The van der Waals surface area contributed by atoms with Gasteiger partial charge in [-0.05, 0) is 24.6 Å². The quantitative estimate of drug-likeness (QED) is 0.620. The van der Waals surface area contributed by atoms with Crippen molar-refractivity contribution in [3.8, 4) is 0 Å². The second kappa shape index (κ2) is 6.05. The molecular formula is C13H13FN4O2. The van der Waals surface area contributed by atoms with Gasteiger partial charge < -0.3 is 4.90 Å². The number of nitro groups is 1. The van der Waals surface area contributed by atoms with Crippen LogP contribution in [-0.4, -0.2) is 21.4 Å². The Labute approximate surface area is 115 Å². The lowest BCUT2D eigenvalue weighted by Crippen LogP contribution is -2.24. The molecule has 0 bridgehead atoms. The van der Waals surface area contributed by atoms with Gasteiger partial charge in [0.2, 0.25) is 5.95 Å². The van der Waals surface area contributed by atoms with E-state index < -0.39 is 4.92 Å². The molecule has 0 unspecified atom stereocenters. The van der Waals surface area contributed by atoms with Crippen molar-refractivity contribution >= 4 is 11.6 Å². The molecule has 20 heavy (non-hydrogen) atoms. The van der Waals surface area contributed by atoms with Crippen molar-refractivity contribution in [3.63, 3.8) is 0 Å². The van der Waals surface area contributed by atoms with Gasteiger partial charge in [-0.2, -0.15) is 0 Å². The van der Waals surface area contributed by atoms with Crippen LogP contribution >= 0.6 is 0 Å². The molecule has 0 saturated carbocycles. The third kappa shape index (κ3) is 3.25. The Bertz CT molecular complexity index is 604. The van der Waals surface area contributed by atoms with E-state index in [1.807, 2.05) is 6.92 Å². The van der Waals surface area contributed by atoms with Gasteiger partial charge in [-0.15, -0.1) is 0 Å². The lowest BCUT2D eigenvalue weighted by Gasteiger charge is -2.20. The van der Waals surface area contributed by atoms with Crippen molar-refractivity contribution in [1.82, 2.24) is 9.97 Å². The molecule has 2 rings (SSSR count). The smallest absolute Gasteiger partial charge is 0.305 e. The molecule has 0 saturated heterocycles. The lowest BCUT2D eigenvalue weighted by atomic mass is 10.2. The Hall–Kier alpha value is -2.57. The third-order valence-electron chi connectivity index (χ3n) is 2.76. The maximum atomic E-state index is 13.1. The average molecular weight is 276 g/mol. The molecule has 0 fully saturated rings. The van der Waals surface area contributed by atoms with Gasteiger partial charge in [-0.3, -0.25) is 10.1 Å². The standard InChI is InChI=1S/C13H13FN4O2/c1-2-17(9-10-4-3-5-11(14)6-10)13-15-7-12(8-16-13)18(19)20/h3-8H,2,9H2,1H3. The number of aromatic nitrogens is 2. The summed E-state index contributed by atoms with van der Waals surface area (Å²) in [6, 6.07) is 6.25. The SMILES string of the molecule is CCN(Cc1cccc(F)c1)c1ncc([N+](=O)[O-])cn1. The van der Waals surface area contributed by atoms with Gasteiger partial charge in [-0.25, -0.2) is 14.4 Å². The van der Waals surface area contributed by atoms with E-state index in [9.17, 15) is 14.5 Å². The zero-order chi connectivity index (χ0) is 14.5. The predicted octanol–water partition coefficient (Wildman–Crippen LogP) is 2.55. The van der Waals surface area contributed by atoms with Crippen molar-refractivity contribution < 1.29 is 9.31 Å². The average Bonchev–Trinajstić information content (AvgIpc) is 2.45. The fourth-order valence-electron chi connectivity index (χ4n) is 1.75. The Balaban J connectivity index is 2.17. The minimum Gasteiger partial charge on any atom is -0.337 e. The summed E-state index contributed by atoms with van der Waals surface area (Å²) >= 11 is 0. The maximum Gasteiger partial charge on any atom is 0.305 e. The van der Waals surface area contributed by atoms with Crippen LogP contribution < -0.4 is 4.90 Å². The first-order valence-electron chi connectivity index (χ1n) is 6.06. The summed E-state index contributed by atoms with van der Waals surface area (Å²) in [5.41, 5.74) is 0.629. The van der Waals surface area contributed by atoms with E-state index in [0.29, 0.717) is 19.0 Å². The predicted molar refractivity (Wildman–Crippen MR) is 71.8 cm³/mol. The highest BCUT2D eigenvalue weighted by molar-refractivity contribution is 5.35. The molecule has 0 atom stereocenters. The van der Waals surface area contributed by atoms with E-state index in [2.05, 4.69) is 9.97 Å². The van der Waals surface area contributed by atoms with Crippen LogP contribution in [0.4, 0.5) is 16.0 Å². The van der Waals surface area contributed by atoms with Gasteiger partial charge in [0.05, 0.1) is 4.92 Å². The van der Waals surface area contributed by atoms with Crippen LogP contribution in [0.3, 0.4) is 0 Å². The number of halogens is 1. The summed E-state index contributed by atoms with van der Waals surface area (Å²) in [6.45, 7) is 2.95. The molecule has 0 amide bonds. The van der Waals surface area contributed by atoms with Gasteiger partial charge >= 0.3 is 5.69 Å². The van der Waals surface area contributed by atoms with Crippen molar-refractivity contribution in [1.29, 1.82) is 0 Å². The first kappa shape index (κ1) is 13.9. The Morgan fingerprint density at radius 1 is 1.35 bits per heavy atom. The molecule has 1 aromatic heterocycles. The minimum absolute atomic E-state index is 0.157. The summed E-state index contributed by atoms with van der Waals surface area (Å²) in [7, 11) is 0. The van der Waals surface area contributed by atoms with Crippen LogP contribution in [0.15, 0.2) is 36.7 Å². The number of nitrogens with zero attached hydrogens (tertiary/aromatic N) is 4. The van der Waals surface area contributed by atoms with Gasteiger partial charge in [0, 0.05) is 13.1 Å². The second-order valence-corrected chi connectivity index (χ2v) is 4.14. The fourth-order valence-corrected chi connectivity index (χ4v) is 1.75. The molecule has 6 nitrogen and oxygen atoms in total. The summed E-state index contributed by atoms with van der Waals surface area (Å²) in [5.74, 6) is 0.0746. The number of benzene rings is 1. The first-order chi connectivity index (χ1) is 9.60. The van der Waals surface area contributed by atoms with Gasteiger partial charge in [0.15, 0.2) is 0 Å². The number of hydrogen-bond donors (Lipinski definition) is 0. The van der Waals surface area contributed by atoms with Gasteiger partial charge in [0.1, 0.15) is 18.2 Å². The summed E-state index contributed by atoms with van der Waals surface area (Å²) in [5, 5.41) is 10.6. The summed E-state index contributed by atoms with van der Waals surface area (Å²) in [6.07, 6.45) is 2.33. The summed E-state index contributed by atoms with van der Waals surface area (Å²) < 4.78 is 13.1. The first-order valence-corrected chi connectivity index (χ1v) is 6.06. The van der Waals surface area contributed by atoms with Crippen molar-refractivity contribution in [2.75, 3.05) is 11.4 Å². The highest BCUT2D eigenvalue weighted by Gasteiger charge is 2.12. The zero-order valence-electron chi connectivity index (χ0n) is 10.9. The molecule has 2 aromatic rings. The molecule has 7 heteroatoms. The molecule has 0 spiro atoms. The molecule has 104 valence electrons. The van der Waals surface area contributed by atoms with Crippen molar-refractivity contribution in [2.24, 2.45) is 0 Å². The van der Waals surface area contributed by atoms with E-state index >= 15 is 0 Å². The second-order valence-electron chi connectivity index (χ2n) is 4.14. The summed E-state index contributed by atoms with van der Waals surface area (Å²) in [4.78, 5) is 19.7. The highest BCUT2D eigenvalue weighted by Crippen LogP contribution is 2.15. The monoisotopic (exact) mass is 276 g/mol. The zero-order valence-corrected chi connectivity index (χ0v) is 10.9. The molecule has 0 aliphatic rings. The van der Waals surface area contributed by atoms with E-state index in [0.717, 1.165) is 18.0 Å². The van der Waals surface area contributed by atoms with Gasteiger partial charge in [-0.1, -0.05) is 12.1 Å². The van der Waals surface area contributed by atoms with E-state index in [1.54, 1.807) is 17.0 Å². The van der Waals surface area contributed by atoms with Crippen LogP contribution in [0.2, 0.25) is 0 Å². The normalized spacial score (nSPS) is 10.3. The van der Waals surface area contributed by atoms with Crippen LogP contribution in [0.1, 0.15) is 12.5 Å². The Morgan fingerprint density at radius 2 is 2.05 bits per heavy atom. The number of rotatable bonds is 5. The maximum absolute atomic E-state index is 13.1. The van der Waals surface area contributed by atoms with E-state index in [4.69, 9.17) is 0 Å². The molecule has 1 heterocycles. The molecule has 0 aliphatic carbocycles. The van der Waals surface area contributed by atoms with Crippen LogP contribution in [0, 0.1) is 15.9 Å². The topological polar surface area (TPSA) is 72.2 Å². The Kier molecular flexibility index (Phi) is 4.19. The number of anilines is 1.